The summed E-state index contributed by atoms with van der Waals surface area (Å²) in [6, 6.07) is 4.79. The number of pyridine rings is 1. The molecule has 3 aromatic heterocycles. The van der Waals surface area contributed by atoms with E-state index in [1.54, 1.807) is 10.6 Å². The molecule has 0 radical (unpaired) electrons. The highest BCUT2D eigenvalue weighted by atomic mass is 32.1. The number of aromatic amines is 1. The van der Waals surface area contributed by atoms with E-state index < -0.39 is 6.04 Å². The molecule has 0 bridgehead atoms. The Kier molecular flexibility index (Phi) is 6.45. The minimum absolute atomic E-state index is 0.0294. The maximum atomic E-state index is 13.1. The van der Waals surface area contributed by atoms with Crippen LogP contribution in [0, 0.1) is 4.84 Å². The number of rotatable bonds is 8. The molecule has 0 aliphatic heterocycles. The molecule has 31 heavy (non-hydrogen) atoms. The van der Waals surface area contributed by atoms with E-state index in [2.05, 4.69) is 32.7 Å². The van der Waals surface area contributed by atoms with Gasteiger partial charge in [0.15, 0.2) is 0 Å². The van der Waals surface area contributed by atoms with E-state index in [0.29, 0.717) is 23.7 Å². The number of fused-ring (bicyclic) bond motifs is 1. The van der Waals surface area contributed by atoms with Crippen LogP contribution >= 0.6 is 12.2 Å². The van der Waals surface area contributed by atoms with Crippen molar-refractivity contribution < 1.29 is 14.0 Å². The summed E-state index contributed by atoms with van der Waals surface area (Å²) in [5.41, 5.74) is 1.08. The number of aromatic nitrogens is 4. The Morgan fingerprint density at radius 3 is 3.03 bits per heavy atom. The first-order chi connectivity index (χ1) is 15.1. The van der Waals surface area contributed by atoms with E-state index in [1.807, 2.05) is 18.2 Å². The van der Waals surface area contributed by atoms with E-state index in [0.717, 1.165) is 32.1 Å². The molecule has 1 fully saturated rings. The Bertz CT molecular complexity index is 1120. The third-order valence-electron chi connectivity index (χ3n) is 5.73. The molecule has 1 aliphatic rings. The first-order valence-corrected chi connectivity index (χ1v) is 11.1. The molecule has 0 saturated heterocycles. The standard InChI is InChI=1S/C21H26N6O3S/c1-2-3-8-15(24-19(29)16-12-22-17-10-4-5-11-27(16)17)18(28)23-14-9-6-7-13(14)20-25-26-21(31)30-20/h4-5,10-15H,2-3,6-9H2,1H3,(H,23,28)(H,24,29)(H,26,31)/t13-,14+,15+/m1/s1. The molecular weight excluding hydrogens is 416 g/mol. The highest BCUT2D eigenvalue weighted by Crippen LogP contribution is 2.33. The molecule has 3 heterocycles. The number of H-pyrrole nitrogens is 1. The van der Waals surface area contributed by atoms with Crippen molar-refractivity contribution in [1.29, 1.82) is 0 Å². The number of carbonyl (C=O) groups excluding carboxylic acids is 2. The number of hydrogen-bond donors (Lipinski definition) is 3. The third kappa shape index (κ3) is 4.68. The second-order valence-corrected chi connectivity index (χ2v) is 8.22. The molecule has 0 unspecified atom stereocenters. The SMILES string of the molecule is CCCC[C@H](NC(=O)c1cnc2ccccn12)C(=O)N[C@H]1CCC[C@H]1c1n[nH]c(=S)o1. The van der Waals surface area contributed by atoms with Crippen LogP contribution in [0.2, 0.25) is 0 Å². The van der Waals surface area contributed by atoms with Crippen LogP contribution in [0.15, 0.2) is 35.0 Å². The topological polar surface area (TPSA) is 117 Å². The lowest BCUT2D eigenvalue weighted by molar-refractivity contribution is -0.124. The quantitative estimate of drug-likeness (QED) is 0.462. The van der Waals surface area contributed by atoms with Gasteiger partial charge in [-0.15, -0.1) is 5.10 Å². The van der Waals surface area contributed by atoms with Crippen LogP contribution in [0.1, 0.15) is 67.7 Å². The van der Waals surface area contributed by atoms with Gasteiger partial charge < -0.3 is 15.1 Å². The predicted molar refractivity (Wildman–Crippen MR) is 116 cm³/mol. The van der Waals surface area contributed by atoms with Crippen LogP contribution < -0.4 is 10.6 Å². The van der Waals surface area contributed by atoms with Gasteiger partial charge in [-0.3, -0.25) is 14.0 Å². The van der Waals surface area contributed by atoms with Crippen molar-refractivity contribution in [3.8, 4) is 0 Å². The molecule has 3 N–H and O–H groups in total. The van der Waals surface area contributed by atoms with Gasteiger partial charge in [0.2, 0.25) is 11.8 Å². The summed E-state index contributed by atoms with van der Waals surface area (Å²) in [7, 11) is 0. The van der Waals surface area contributed by atoms with Gasteiger partial charge in [-0.1, -0.05) is 32.3 Å². The molecule has 9 nitrogen and oxygen atoms in total. The van der Waals surface area contributed by atoms with Gasteiger partial charge in [-0.05, 0) is 43.6 Å². The first kappa shape index (κ1) is 21.2. The molecule has 1 saturated carbocycles. The Morgan fingerprint density at radius 2 is 2.26 bits per heavy atom. The molecular formula is C21H26N6O3S. The van der Waals surface area contributed by atoms with Crippen molar-refractivity contribution in [3.05, 3.63) is 47.0 Å². The third-order valence-corrected chi connectivity index (χ3v) is 5.91. The van der Waals surface area contributed by atoms with Crippen molar-refractivity contribution in [2.45, 2.75) is 63.5 Å². The Balaban J connectivity index is 1.47. The fraction of sp³-hybridized carbons (Fsp3) is 0.476. The smallest absolute Gasteiger partial charge is 0.284 e. The van der Waals surface area contributed by atoms with Gasteiger partial charge in [0.05, 0.1) is 12.1 Å². The minimum atomic E-state index is -0.631. The molecule has 164 valence electrons. The first-order valence-electron chi connectivity index (χ1n) is 10.7. The van der Waals surface area contributed by atoms with Gasteiger partial charge in [0.25, 0.3) is 10.7 Å². The fourth-order valence-electron chi connectivity index (χ4n) is 4.12. The summed E-state index contributed by atoms with van der Waals surface area (Å²) < 4.78 is 7.19. The lowest BCUT2D eigenvalue weighted by Gasteiger charge is -2.23. The Morgan fingerprint density at radius 1 is 1.39 bits per heavy atom. The molecule has 0 aromatic carbocycles. The van der Waals surface area contributed by atoms with Crippen LogP contribution in [0.4, 0.5) is 0 Å². The number of carbonyl (C=O) groups is 2. The number of nitrogens with zero attached hydrogens (tertiary/aromatic N) is 3. The van der Waals surface area contributed by atoms with E-state index in [4.69, 9.17) is 16.6 Å². The zero-order chi connectivity index (χ0) is 21.8. The van der Waals surface area contributed by atoms with Crippen molar-refractivity contribution >= 4 is 29.7 Å². The van der Waals surface area contributed by atoms with E-state index in [1.165, 1.54) is 6.20 Å². The van der Waals surface area contributed by atoms with Crippen molar-refractivity contribution in [2.24, 2.45) is 0 Å². The van der Waals surface area contributed by atoms with Crippen molar-refractivity contribution in [2.75, 3.05) is 0 Å². The largest absolute Gasteiger partial charge is 0.414 e. The number of nitrogens with one attached hydrogen (secondary N) is 3. The lowest BCUT2D eigenvalue weighted by Crippen LogP contribution is -2.50. The zero-order valence-electron chi connectivity index (χ0n) is 17.3. The molecule has 3 aromatic rings. The molecule has 10 heteroatoms. The van der Waals surface area contributed by atoms with Crippen LogP contribution in [-0.4, -0.2) is 43.5 Å². The number of imidazole rings is 1. The number of hydrogen-bond acceptors (Lipinski definition) is 6. The molecule has 4 rings (SSSR count). The number of unbranched alkanes of at least 4 members (excludes halogenated alkanes) is 1. The summed E-state index contributed by atoms with van der Waals surface area (Å²) >= 11 is 4.98. The van der Waals surface area contributed by atoms with Crippen LogP contribution in [-0.2, 0) is 4.79 Å². The van der Waals surface area contributed by atoms with Crippen molar-refractivity contribution in [1.82, 2.24) is 30.2 Å². The minimum Gasteiger partial charge on any atom is -0.414 e. The average Bonchev–Trinajstić information content (AvgIpc) is 3.50. The summed E-state index contributed by atoms with van der Waals surface area (Å²) in [4.78, 5) is 30.5. The predicted octanol–water partition coefficient (Wildman–Crippen LogP) is 3.12. The summed E-state index contributed by atoms with van der Waals surface area (Å²) in [5, 5.41) is 12.8. The highest BCUT2D eigenvalue weighted by Gasteiger charge is 2.35. The van der Waals surface area contributed by atoms with E-state index in [9.17, 15) is 9.59 Å². The normalized spacial score (nSPS) is 19.4. The molecule has 3 atom stereocenters. The second kappa shape index (κ2) is 9.42. The van der Waals surface area contributed by atoms with Gasteiger partial charge in [-0.25, -0.2) is 10.1 Å². The second-order valence-electron chi connectivity index (χ2n) is 7.84. The maximum absolute atomic E-state index is 13.1. The maximum Gasteiger partial charge on any atom is 0.284 e. The van der Waals surface area contributed by atoms with Crippen LogP contribution in [0.25, 0.3) is 5.65 Å². The van der Waals surface area contributed by atoms with Crippen molar-refractivity contribution in [3.63, 3.8) is 0 Å². The van der Waals surface area contributed by atoms with Crippen LogP contribution in [0.5, 0.6) is 0 Å². The van der Waals surface area contributed by atoms with Gasteiger partial charge >= 0.3 is 0 Å². The average molecular weight is 443 g/mol. The zero-order valence-corrected chi connectivity index (χ0v) is 18.2. The molecule has 2 amide bonds. The summed E-state index contributed by atoms with van der Waals surface area (Å²) in [6.07, 6.45) is 8.27. The Labute approximate surface area is 184 Å². The molecule has 0 spiro atoms. The summed E-state index contributed by atoms with van der Waals surface area (Å²) in [6.45, 7) is 2.06. The fourth-order valence-corrected chi connectivity index (χ4v) is 4.25. The lowest BCUT2D eigenvalue weighted by atomic mass is 10.0. The van der Waals surface area contributed by atoms with E-state index >= 15 is 0 Å². The van der Waals surface area contributed by atoms with Gasteiger partial charge in [-0.2, -0.15) is 0 Å². The summed E-state index contributed by atoms with van der Waals surface area (Å²) in [5.74, 6) is -0.0245. The van der Waals surface area contributed by atoms with Gasteiger partial charge in [0.1, 0.15) is 17.4 Å². The van der Waals surface area contributed by atoms with Crippen LogP contribution in [0.3, 0.4) is 0 Å². The molecule has 1 aliphatic carbocycles. The van der Waals surface area contributed by atoms with E-state index in [-0.39, 0.29) is 28.6 Å². The monoisotopic (exact) mass is 442 g/mol. The highest BCUT2D eigenvalue weighted by molar-refractivity contribution is 7.71. The van der Waals surface area contributed by atoms with Gasteiger partial charge in [0, 0.05) is 12.2 Å². The Hall–Kier alpha value is -3.01. The number of amides is 2.